The van der Waals surface area contributed by atoms with Crippen LogP contribution < -0.4 is 15.8 Å². The van der Waals surface area contributed by atoms with E-state index in [-0.39, 0.29) is 24.0 Å². The standard InChI is InChI=1S/C16H27N3O3.HI/c1-3-4-10-21-12-13-22-11-9-18-16(17)19-14-5-7-15(20-2)8-6-14;/h5-8H,3-4,9-13H2,1-2H3,(H3,17,18,19);1H. The molecule has 0 aliphatic carbocycles. The zero-order valence-electron chi connectivity index (χ0n) is 13.9. The number of hydrogen-bond acceptors (Lipinski definition) is 4. The molecule has 0 heterocycles. The lowest BCUT2D eigenvalue weighted by atomic mass is 10.3. The molecule has 0 unspecified atom stereocenters. The Balaban J connectivity index is 0.00000484. The number of methoxy groups -OCH3 is 1. The van der Waals surface area contributed by atoms with Crippen LogP contribution in [-0.4, -0.2) is 46.0 Å². The van der Waals surface area contributed by atoms with Crippen LogP contribution in [0.4, 0.5) is 5.69 Å². The molecule has 1 aromatic carbocycles. The minimum absolute atomic E-state index is 0. The largest absolute Gasteiger partial charge is 0.497 e. The van der Waals surface area contributed by atoms with Gasteiger partial charge < -0.3 is 25.3 Å². The molecule has 0 radical (unpaired) electrons. The van der Waals surface area contributed by atoms with Crippen LogP contribution in [-0.2, 0) is 9.47 Å². The number of anilines is 1. The van der Waals surface area contributed by atoms with Gasteiger partial charge >= 0.3 is 0 Å². The van der Waals surface area contributed by atoms with E-state index in [9.17, 15) is 0 Å². The molecular weight excluding hydrogens is 409 g/mol. The first-order chi connectivity index (χ1) is 10.8. The molecule has 0 aliphatic rings. The van der Waals surface area contributed by atoms with Gasteiger partial charge in [0.05, 0.1) is 33.5 Å². The molecular formula is C16H28IN3O3. The second-order valence-electron chi connectivity index (χ2n) is 4.70. The number of nitrogens with one attached hydrogen (secondary N) is 1. The van der Waals surface area contributed by atoms with Crippen LogP contribution in [0, 0.1) is 0 Å². The van der Waals surface area contributed by atoms with Crippen molar-refractivity contribution in [3.8, 4) is 5.75 Å². The van der Waals surface area contributed by atoms with E-state index < -0.39 is 0 Å². The highest BCUT2D eigenvalue weighted by atomic mass is 127. The Hall–Kier alpha value is -1.06. The van der Waals surface area contributed by atoms with Crippen molar-refractivity contribution in [2.75, 3.05) is 45.4 Å². The first-order valence-corrected chi connectivity index (χ1v) is 7.62. The van der Waals surface area contributed by atoms with E-state index in [1.54, 1.807) is 7.11 Å². The Morgan fingerprint density at radius 2 is 1.74 bits per heavy atom. The number of aliphatic imine (C=N–C) groups is 1. The molecule has 6 nitrogen and oxygen atoms in total. The van der Waals surface area contributed by atoms with Crippen molar-refractivity contribution in [2.24, 2.45) is 10.7 Å². The van der Waals surface area contributed by atoms with Gasteiger partial charge in [0, 0.05) is 12.3 Å². The van der Waals surface area contributed by atoms with Gasteiger partial charge in [-0.2, -0.15) is 0 Å². The number of rotatable bonds is 11. The summed E-state index contributed by atoms with van der Waals surface area (Å²) in [6, 6.07) is 7.48. The monoisotopic (exact) mass is 437 g/mol. The zero-order valence-corrected chi connectivity index (χ0v) is 16.2. The highest BCUT2D eigenvalue weighted by Crippen LogP contribution is 2.14. The Morgan fingerprint density at radius 3 is 2.35 bits per heavy atom. The third-order valence-corrected chi connectivity index (χ3v) is 2.89. The van der Waals surface area contributed by atoms with Crippen molar-refractivity contribution in [2.45, 2.75) is 19.8 Å². The van der Waals surface area contributed by atoms with Gasteiger partial charge in [0.1, 0.15) is 5.75 Å². The van der Waals surface area contributed by atoms with Crippen LogP contribution in [0.5, 0.6) is 5.75 Å². The number of halogens is 1. The minimum Gasteiger partial charge on any atom is -0.497 e. The molecule has 132 valence electrons. The Bertz CT molecular complexity index is 427. The highest BCUT2D eigenvalue weighted by molar-refractivity contribution is 14.0. The van der Waals surface area contributed by atoms with Crippen LogP contribution in [0.15, 0.2) is 29.3 Å². The molecule has 0 fully saturated rings. The molecule has 0 aromatic heterocycles. The summed E-state index contributed by atoms with van der Waals surface area (Å²) in [6.45, 7) is 5.21. The molecule has 1 rings (SSSR count). The van der Waals surface area contributed by atoms with Crippen LogP contribution in [0.2, 0.25) is 0 Å². The zero-order chi connectivity index (χ0) is 16.0. The maximum Gasteiger partial charge on any atom is 0.193 e. The van der Waals surface area contributed by atoms with Gasteiger partial charge in [-0.05, 0) is 30.7 Å². The molecule has 0 spiro atoms. The summed E-state index contributed by atoms with van der Waals surface area (Å²) in [7, 11) is 1.63. The molecule has 3 N–H and O–H groups in total. The third-order valence-electron chi connectivity index (χ3n) is 2.89. The Labute approximate surface area is 155 Å². The van der Waals surface area contributed by atoms with E-state index in [1.807, 2.05) is 24.3 Å². The highest BCUT2D eigenvalue weighted by Gasteiger charge is 1.96. The molecule has 0 amide bonds. The summed E-state index contributed by atoms with van der Waals surface area (Å²) in [6.07, 6.45) is 2.24. The first kappa shape index (κ1) is 21.9. The summed E-state index contributed by atoms with van der Waals surface area (Å²) >= 11 is 0. The molecule has 0 aliphatic heterocycles. The van der Waals surface area contributed by atoms with Gasteiger partial charge in [-0.15, -0.1) is 24.0 Å². The van der Waals surface area contributed by atoms with Crippen LogP contribution in [0.1, 0.15) is 19.8 Å². The lowest BCUT2D eigenvalue weighted by Gasteiger charge is -2.07. The summed E-state index contributed by atoms with van der Waals surface area (Å²) in [5.41, 5.74) is 6.67. The number of nitrogens with two attached hydrogens (primary N) is 1. The predicted octanol–water partition coefficient (Wildman–Crippen LogP) is 2.87. The third kappa shape index (κ3) is 11.2. The molecule has 7 heteroatoms. The molecule has 0 saturated heterocycles. The molecule has 1 aromatic rings. The van der Waals surface area contributed by atoms with E-state index in [2.05, 4.69) is 17.2 Å². The summed E-state index contributed by atoms with van der Waals surface area (Å²) in [5.74, 6) is 1.17. The van der Waals surface area contributed by atoms with Gasteiger partial charge in [0.25, 0.3) is 0 Å². The summed E-state index contributed by atoms with van der Waals surface area (Å²) in [4.78, 5) is 4.20. The van der Waals surface area contributed by atoms with Gasteiger partial charge in [-0.3, -0.25) is 4.99 Å². The van der Waals surface area contributed by atoms with Gasteiger partial charge in [-0.25, -0.2) is 0 Å². The van der Waals surface area contributed by atoms with Gasteiger partial charge in [0.2, 0.25) is 0 Å². The number of ether oxygens (including phenoxy) is 3. The van der Waals surface area contributed by atoms with E-state index in [0.29, 0.717) is 32.3 Å². The first-order valence-electron chi connectivity index (χ1n) is 7.62. The van der Waals surface area contributed by atoms with Crippen molar-refractivity contribution < 1.29 is 14.2 Å². The SMILES string of the molecule is CCCCOCCOCCN=C(N)Nc1ccc(OC)cc1.I. The molecule has 0 atom stereocenters. The topological polar surface area (TPSA) is 78.1 Å². The van der Waals surface area contributed by atoms with Crippen LogP contribution in [0.3, 0.4) is 0 Å². The maximum absolute atomic E-state index is 5.80. The maximum atomic E-state index is 5.80. The number of unbranched alkanes of at least 4 members (excludes halogenated alkanes) is 1. The Morgan fingerprint density at radius 1 is 1.09 bits per heavy atom. The van der Waals surface area contributed by atoms with Gasteiger partial charge in [0.15, 0.2) is 5.96 Å². The quantitative estimate of drug-likeness (QED) is 0.241. The fourth-order valence-electron chi connectivity index (χ4n) is 1.66. The van der Waals surface area contributed by atoms with Crippen molar-refractivity contribution in [1.29, 1.82) is 0 Å². The number of guanidine groups is 1. The van der Waals surface area contributed by atoms with Crippen molar-refractivity contribution in [3.63, 3.8) is 0 Å². The molecule has 0 bridgehead atoms. The molecule has 0 saturated carbocycles. The number of nitrogens with zero attached hydrogens (tertiary/aromatic N) is 1. The lowest BCUT2D eigenvalue weighted by molar-refractivity contribution is 0.0498. The fourth-order valence-corrected chi connectivity index (χ4v) is 1.66. The van der Waals surface area contributed by atoms with E-state index in [0.717, 1.165) is 30.9 Å². The lowest BCUT2D eigenvalue weighted by Crippen LogP contribution is -2.23. The van der Waals surface area contributed by atoms with Crippen molar-refractivity contribution in [1.82, 2.24) is 0 Å². The normalized spacial score (nSPS) is 11.0. The van der Waals surface area contributed by atoms with E-state index in [1.165, 1.54) is 0 Å². The average molecular weight is 437 g/mol. The number of hydrogen-bond donors (Lipinski definition) is 2. The van der Waals surface area contributed by atoms with Crippen molar-refractivity contribution >= 4 is 35.6 Å². The molecule has 23 heavy (non-hydrogen) atoms. The van der Waals surface area contributed by atoms with E-state index in [4.69, 9.17) is 19.9 Å². The summed E-state index contributed by atoms with van der Waals surface area (Å²) < 4.78 is 15.9. The second-order valence-corrected chi connectivity index (χ2v) is 4.70. The second kappa shape index (κ2) is 14.5. The smallest absolute Gasteiger partial charge is 0.193 e. The predicted molar refractivity (Wildman–Crippen MR) is 105 cm³/mol. The van der Waals surface area contributed by atoms with Gasteiger partial charge in [-0.1, -0.05) is 13.3 Å². The van der Waals surface area contributed by atoms with Crippen LogP contribution in [0.25, 0.3) is 0 Å². The Kier molecular flexibility index (Phi) is 13.9. The average Bonchev–Trinajstić information content (AvgIpc) is 2.54. The van der Waals surface area contributed by atoms with Crippen molar-refractivity contribution in [3.05, 3.63) is 24.3 Å². The fraction of sp³-hybridized carbons (Fsp3) is 0.562. The van der Waals surface area contributed by atoms with E-state index >= 15 is 0 Å². The number of benzene rings is 1. The minimum atomic E-state index is 0. The van der Waals surface area contributed by atoms with Crippen LogP contribution >= 0.6 is 24.0 Å². The summed E-state index contributed by atoms with van der Waals surface area (Å²) in [5, 5.41) is 3.01.